The van der Waals surface area contributed by atoms with Crippen molar-refractivity contribution in [2.45, 2.75) is 45.1 Å². The number of rotatable bonds is 6. The number of carbonyl (C=O) groups is 1. The van der Waals surface area contributed by atoms with E-state index in [-0.39, 0.29) is 17.6 Å². The molecule has 0 spiro atoms. The Morgan fingerprint density at radius 3 is 2.77 bits per heavy atom. The summed E-state index contributed by atoms with van der Waals surface area (Å²) in [6.45, 7) is 2.56. The van der Waals surface area contributed by atoms with Crippen LogP contribution in [-0.2, 0) is 4.79 Å². The maximum absolute atomic E-state index is 12.0. The van der Waals surface area contributed by atoms with Crippen molar-refractivity contribution in [2.24, 2.45) is 5.92 Å². The molecule has 22 heavy (non-hydrogen) atoms. The molecule has 1 aliphatic carbocycles. The molecule has 2 N–H and O–H groups in total. The number of nitro benzene ring substituents is 1. The molecule has 2 rings (SSSR count). The smallest absolute Gasteiger partial charge is 0.292 e. The second-order valence-electron chi connectivity index (χ2n) is 5.89. The minimum absolute atomic E-state index is 0.00448. The summed E-state index contributed by atoms with van der Waals surface area (Å²) in [5, 5.41) is 17.0. The Bertz CT molecular complexity index is 533. The van der Waals surface area contributed by atoms with Crippen molar-refractivity contribution in [3.63, 3.8) is 0 Å². The van der Waals surface area contributed by atoms with Gasteiger partial charge < -0.3 is 10.6 Å². The Balaban J connectivity index is 1.78. The van der Waals surface area contributed by atoms with E-state index in [1.165, 1.54) is 25.3 Å². The highest BCUT2D eigenvalue weighted by molar-refractivity contribution is 5.77. The van der Waals surface area contributed by atoms with Crippen molar-refractivity contribution in [2.75, 3.05) is 11.9 Å². The van der Waals surface area contributed by atoms with Gasteiger partial charge in [0.1, 0.15) is 5.69 Å². The van der Waals surface area contributed by atoms with Crippen LogP contribution in [0.5, 0.6) is 0 Å². The summed E-state index contributed by atoms with van der Waals surface area (Å²) in [6.07, 6.45) is 4.94. The van der Waals surface area contributed by atoms with Gasteiger partial charge in [-0.2, -0.15) is 0 Å². The Morgan fingerprint density at radius 1 is 1.32 bits per heavy atom. The molecule has 0 aromatic heterocycles. The summed E-state index contributed by atoms with van der Waals surface area (Å²) < 4.78 is 0. The zero-order valence-corrected chi connectivity index (χ0v) is 12.9. The molecule has 6 heteroatoms. The van der Waals surface area contributed by atoms with E-state index in [2.05, 4.69) is 17.6 Å². The van der Waals surface area contributed by atoms with Gasteiger partial charge in [0.05, 0.1) is 4.92 Å². The lowest BCUT2D eigenvalue weighted by Crippen LogP contribution is -2.41. The summed E-state index contributed by atoms with van der Waals surface area (Å²) in [5.74, 6) is 0.533. The molecule has 120 valence electrons. The summed E-state index contributed by atoms with van der Waals surface area (Å²) >= 11 is 0. The molecule has 1 amide bonds. The number of amides is 1. The monoisotopic (exact) mass is 305 g/mol. The number of hydrogen-bond acceptors (Lipinski definition) is 4. The van der Waals surface area contributed by atoms with Crippen LogP contribution in [0.4, 0.5) is 11.4 Å². The van der Waals surface area contributed by atoms with Crippen LogP contribution >= 0.6 is 0 Å². The van der Waals surface area contributed by atoms with E-state index in [4.69, 9.17) is 0 Å². The molecular weight excluding hydrogens is 282 g/mol. The van der Waals surface area contributed by atoms with Gasteiger partial charge in [-0.15, -0.1) is 0 Å². The first-order valence-electron chi connectivity index (χ1n) is 7.84. The number of anilines is 1. The third kappa shape index (κ3) is 4.44. The van der Waals surface area contributed by atoms with Gasteiger partial charge in [-0.05, 0) is 24.8 Å². The molecule has 1 fully saturated rings. The van der Waals surface area contributed by atoms with E-state index >= 15 is 0 Å². The van der Waals surface area contributed by atoms with Crippen LogP contribution in [0.25, 0.3) is 0 Å². The standard InChI is InChI=1S/C16H23N3O3/c1-12-6-2-3-7-13(12)18-16(20)10-11-17-14-8-4-5-9-15(14)19(21)22/h4-5,8-9,12-13,17H,2-3,6-7,10-11H2,1H3,(H,18,20). The predicted molar refractivity (Wildman–Crippen MR) is 85.8 cm³/mol. The van der Waals surface area contributed by atoms with Gasteiger partial charge in [-0.1, -0.05) is 31.9 Å². The number of nitrogens with zero attached hydrogens (tertiary/aromatic N) is 1. The molecule has 6 nitrogen and oxygen atoms in total. The van der Waals surface area contributed by atoms with Gasteiger partial charge in [0.15, 0.2) is 0 Å². The summed E-state index contributed by atoms with van der Waals surface area (Å²) in [4.78, 5) is 22.5. The highest BCUT2D eigenvalue weighted by atomic mass is 16.6. The van der Waals surface area contributed by atoms with Gasteiger partial charge in [0.2, 0.25) is 5.91 Å². The number of benzene rings is 1. The van der Waals surface area contributed by atoms with Crippen LogP contribution in [0, 0.1) is 16.0 Å². The van der Waals surface area contributed by atoms with E-state index in [0.717, 1.165) is 6.42 Å². The van der Waals surface area contributed by atoms with E-state index in [1.807, 2.05) is 0 Å². The first-order chi connectivity index (χ1) is 10.6. The fourth-order valence-corrected chi connectivity index (χ4v) is 2.90. The largest absolute Gasteiger partial charge is 0.379 e. The Morgan fingerprint density at radius 2 is 2.05 bits per heavy atom. The minimum Gasteiger partial charge on any atom is -0.379 e. The molecule has 0 radical (unpaired) electrons. The van der Waals surface area contributed by atoms with Crippen LogP contribution in [0.1, 0.15) is 39.0 Å². The Hall–Kier alpha value is -2.11. The molecule has 0 aliphatic heterocycles. The van der Waals surface area contributed by atoms with Crippen LogP contribution in [0.15, 0.2) is 24.3 Å². The number of nitro groups is 1. The predicted octanol–water partition coefficient (Wildman–Crippen LogP) is 3.09. The average molecular weight is 305 g/mol. The third-order valence-corrected chi connectivity index (χ3v) is 4.23. The first-order valence-corrected chi connectivity index (χ1v) is 7.84. The second-order valence-corrected chi connectivity index (χ2v) is 5.89. The molecule has 1 aromatic carbocycles. The second kappa shape index (κ2) is 7.77. The van der Waals surface area contributed by atoms with E-state index in [0.29, 0.717) is 24.6 Å². The van der Waals surface area contributed by atoms with Crippen LogP contribution in [-0.4, -0.2) is 23.4 Å². The molecule has 1 saturated carbocycles. The Labute approximate surface area is 130 Å². The van der Waals surface area contributed by atoms with Crippen molar-refractivity contribution in [1.29, 1.82) is 0 Å². The van der Waals surface area contributed by atoms with Gasteiger partial charge in [0, 0.05) is 25.1 Å². The fourth-order valence-electron chi connectivity index (χ4n) is 2.90. The Kier molecular flexibility index (Phi) is 5.75. The molecular formula is C16H23N3O3. The first kappa shape index (κ1) is 16.3. The number of para-hydroxylation sites is 2. The zero-order valence-electron chi connectivity index (χ0n) is 12.9. The fraction of sp³-hybridized carbons (Fsp3) is 0.562. The number of nitrogens with one attached hydrogen (secondary N) is 2. The summed E-state index contributed by atoms with van der Waals surface area (Å²) in [5.41, 5.74) is 0.482. The quantitative estimate of drug-likeness (QED) is 0.625. The molecule has 0 bridgehead atoms. The van der Waals surface area contributed by atoms with E-state index in [9.17, 15) is 14.9 Å². The number of hydrogen-bond donors (Lipinski definition) is 2. The van der Waals surface area contributed by atoms with Crippen LogP contribution < -0.4 is 10.6 Å². The lowest BCUT2D eigenvalue weighted by atomic mass is 9.86. The maximum atomic E-state index is 12.0. The topological polar surface area (TPSA) is 84.3 Å². The van der Waals surface area contributed by atoms with Crippen molar-refractivity contribution in [3.8, 4) is 0 Å². The van der Waals surface area contributed by atoms with Gasteiger partial charge >= 0.3 is 0 Å². The zero-order chi connectivity index (χ0) is 15.9. The highest BCUT2D eigenvalue weighted by Gasteiger charge is 2.22. The lowest BCUT2D eigenvalue weighted by molar-refractivity contribution is -0.384. The van der Waals surface area contributed by atoms with Gasteiger partial charge in [-0.3, -0.25) is 14.9 Å². The molecule has 0 heterocycles. The van der Waals surface area contributed by atoms with E-state index < -0.39 is 4.92 Å². The lowest BCUT2D eigenvalue weighted by Gasteiger charge is -2.29. The summed E-state index contributed by atoms with van der Waals surface area (Å²) in [7, 11) is 0. The third-order valence-electron chi connectivity index (χ3n) is 4.23. The minimum atomic E-state index is -0.424. The maximum Gasteiger partial charge on any atom is 0.292 e. The molecule has 1 aliphatic rings. The SMILES string of the molecule is CC1CCCCC1NC(=O)CCNc1ccccc1[N+](=O)[O-]. The van der Waals surface area contributed by atoms with Crippen molar-refractivity contribution >= 4 is 17.3 Å². The van der Waals surface area contributed by atoms with Crippen LogP contribution in [0.2, 0.25) is 0 Å². The van der Waals surface area contributed by atoms with Crippen molar-refractivity contribution in [1.82, 2.24) is 5.32 Å². The van der Waals surface area contributed by atoms with Crippen LogP contribution in [0.3, 0.4) is 0 Å². The molecule has 2 atom stereocenters. The highest BCUT2D eigenvalue weighted by Crippen LogP contribution is 2.24. The van der Waals surface area contributed by atoms with Crippen molar-refractivity contribution < 1.29 is 9.72 Å². The van der Waals surface area contributed by atoms with Gasteiger partial charge in [0.25, 0.3) is 5.69 Å². The van der Waals surface area contributed by atoms with E-state index in [1.54, 1.807) is 18.2 Å². The number of carbonyl (C=O) groups excluding carboxylic acids is 1. The average Bonchev–Trinajstić information content (AvgIpc) is 2.50. The molecule has 0 saturated heterocycles. The van der Waals surface area contributed by atoms with Crippen molar-refractivity contribution in [3.05, 3.63) is 34.4 Å². The normalized spacial score (nSPS) is 21.1. The molecule has 1 aromatic rings. The molecule has 2 unspecified atom stereocenters. The summed E-state index contributed by atoms with van der Waals surface area (Å²) in [6, 6.07) is 6.73. The van der Waals surface area contributed by atoms with Gasteiger partial charge in [-0.25, -0.2) is 0 Å².